The minimum Gasteiger partial charge on any atom is -0.492 e. The van der Waals surface area contributed by atoms with E-state index in [2.05, 4.69) is 39.8 Å². The number of hydrogen-bond acceptors (Lipinski definition) is 5. The maximum Gasteiger partial charge on any atom is 0.188 e. The first-order chi connectivity index (χ1) is 14.8. The molecule has 1 aromatic carbocycles. The number of aryl methyl sites for hydroxylation is 1. The van der Waals surface area contributed by atoms with Gasteiger partial charge >= 0.3 is 0 Å². The van der Waals surface area contributed by atoms with Crippen molar-refractivity contribution in [3.8, 4) is 11.5 Å². The summed E-state index contributed by atoms with van der Waals surface area (Å²) in [6.07, 6.45) is 6.95. The van der Waals surface area contributed by atoms with Gasteiger partial charge < -0.3 is 23.4 Å². The molecule has 0 aliphatic heterocycles. The van der Waals surface area contributed by atoms with E-state index in [0.29, 0.717) is 35.7 Å². The van der Waals surface area contributed by atoms with Gasteiger partial charge in [-0.15, -0.1) is 0 Å². The van der Waals surface area contributed by atoms with Crippen LogP contribution in [0.2, 0.25) is 0 Å². The minimum atomic E-state index is 0.167. The highest BCUT2D eigenvalue weighted by Gasteiger charge is 2.20. The quantitative estimate of drug-likeness (QED) is 0.198. The molecule has 2 rings (SSSR count). The van der Waals surface area contributed by atoms with Crippen LogP contribution in [0.25, 0.3) is 11.0 Å². The molecule has 0 aliphatic rings. The molecule has 5 heteroatoms. The van der Waals surface area contributed by atoms with E-state index < -0.39 is 0 Å². The van der Waals surface area contributed by atoms with Gasteiger partial charge in [0.05, 0.1) is 7.11 Å². The molecule has 0 saturated carbocycles. The van der Waals surface area contributed by atoms with Crippen LogP contribution in [0.5, 0.6) is 11.5 Å². The number of carbonyl (C=O) groups is 1. The highest BCUT2D eigenvalue weighted by molar-refractivity contribution is 5.86. The second-order valence-electron chi connectivity index (χ2n) is 8.83. The van der Waals surface area contributed by atoms with Crippen molar-refractivity contribution < 1.29 is 23.4 Å². The van der Waals surface area contributed by atoms with Crippen LogP contribution in [0.3, 0.4) is 0 Å². The molecule has 5 nitrogen and oxygen atoms in total. The van der Waals surface area contributed by atoms with Gasteiger partial charge in [-0.3, -0.25) is 0 Å². The fourth-order valence-electron chi connectivity index (χ4n) is 4.37. The Kier molecular flexibility index (Phi) is 9.63. The largest absolute Gasteiger partial charge is 0.492 e. The lowest BCUT2D eigenvalue weighted by Crippen LogP contribution is -2.03. The summed E-state index contributed by atoms with van der Waals surface area (Å²) < 4.78 is 22.5. The van der Waals surface area contributed by atoms with Crippen molar-refractivity contribution in [2.24, 2.45) is 11.8 Å². The number of hydrogen-bond donors (Lipinski definition) is 0. The van der Waals surface area contributed by atoms with Gasteiger partial charge in [0, 0.05) is 30.4 Å². The monoisotopic (exact) mass is 430 g/mol. The van der Waals surface area contributed by atoms with Gasteiger partial charge in [-0.2, -0.15) is 0 Å². The molecular weight excluding hydrogens is 392 g/mol. The van der Waals surface area contributed by atoms with Gasteiger partial charge in [-0.1, -0.05) is 32.4 Å². The Balaban J connectivity index is 2.11. The van der Waals surface area contributed by atoms with Crippen LogP contribution in [0, 0.1) is 18.8 Å². The van der Waals surface area contributed by atoms with Crippen molar-refractivity contribution in [1.29, 1.82) is 0 Å². The normalized spacial score (nSPS) is 15.0. The van der Waals surface area contributed by atoms with Crippen molar-refractivity contribution in [1.82, 2.24) is 0 Å². The van der Waals surface area contributed by atoms with Crippen molar-refractivity contribution in [3.05, 3.63) is 35.1 Å². The van der Waals surface area contributed by atoms with E-state index in [4.69, 9.17) is 18.6 Å². The Bertz CT molecular complexity index is 880. The standard InChI is InChI=1S/C26H38O5/c1-17(9-8-10-27)11-18(2)12-19(3)13-20(4)23-14-22-15-24(30-16-28-6)26(29-7)21(5)25(22)31-23/h10-11,14-15,17,19-20H,8-9,12-13,16H2,1-7H3/b18-11+/t17-,19+,20-/m0/s1. The molecule has 2 aromatic rings. The molecule has 0 N–H and O–H groups in total. The number of ether oxygens (including phenoxy) is 3. The summed E-state index contributed by atoms with van der Waals surface area (Å²) in [4.78, 5) is 10.6. The van der Waals surface area contributed by atoms with E-state index in [0.717, 1.165) is 47.8 Å². The maximum atomic E-state index is 10.6. The Morgan fingerprint density at radius 1 is 1.19 bits per heavy atom. The number of carbonyl (C=O) groups excluding carboxylic acids is 1. The third-order valence-corrected chi connectivity index (χ3v) is 5.73. The highest BCUT2D eigenvalue weighted by atomic mass is 16.7. The predicted octanol–water partition coefficient (Wildman–Crippen LogP) is 6.81. The summed E-state index contributed by atoms with van der Waals surface area (Å²) in [5.74, 6) is 3.60. The second kappa shape index (κ2) is 11.9. The third kappa shape index (κ3) is 6.86. The predicted molar refractivity (Wildman–Crippen MR) is 125 cm³/mol. The SMILES string of the molecule is COCOc1cc2cc([C@@H](C)C[C@H](C)C/C(C)=C/[C@@H](C)CCC=O)oc2c(C)c1OC. The van der Waals surface area contributed by atoms with Crippen LogP contribution in [0.1, 0.15) is 70.6 Å². The second-order valence-corrected chi connectivity index (χ2v) is 8.83. The molecule has 0 spiro atoms. The Labute approximate surface area is 186 Å². The first kappa shape index (κ1) is 25.0. The van der Waals surface area contributed by atoms with Crippen molar-refractivity contribution in [2.75, 3.05) is 21.0 Å². The van der Waals surface area contributed by atoms with E-state index >= 15 is 0 Å². The van der Waals surface area contributed by atoms with Crippen LogP contribution in [-0.4, -0.2) is 27.3 Å². The number of aldehydes is 1. The van der Waals surface area contributed by atoms with Crippen LogP contribution >= 0.6 is 0 Å². The summed E-state index contributed by atoms with van der Waals surface area (Å²) >= 11 is 0. The number of methoxy groups -OCH3 is 2. The van der Waals surface area contributed by atoms with Crippen LogP contribution < -0.4 is 9.47 Å². The molecule has 31 heavy (non-hydrogen) atoms. The fourth-order valence-corrected chi connectivity index (χ4v) is 4.37. The van der Waals surface area contributed by atoms with Crippen LogP contribution in [-0.2, 0) is 9.53 Å². The molecule has 1 aromatic heterocycles. The zero-order valence-corrected chi connectivity index (χ0v) is 20.1. The number of rotatable bonds is 13. The lowest BCUT2D eigenvalue weighted by molar-refractivity contribution is -0.108. The Hall–Kier alpha value is -2.27. The van der Waals surface area contributed by atoms with Crippen LogP contribution in [0.4, 0.5) is 0 Å². The van der Waals surface area contributed by atoms with Gasteiger partial charge in [0.15, 0.2) is 18.3 Å². The van der Waals surface area contributed by atoms with Gasteiger partial charge in [-0.05, 0) is 57.1 Å². The zero-order valence-electron chi connectivity index (χ0n) is 20.1. The zero-order chi connectivity index (χ0) is 23.0. The van der Waals surface area contributed by atoms with Gasteiger partial charge in [0.25, 0.3) is 0 Å². The number of benzene rings is 1. The molecule has 1 heterocycles. The summed E-state index contributed by atoms with van der Waals surface area (Å²) in [6, 6.07) is 4.07. The van der Waals surface area contributed by atoms with Gasteiger partial charge in [0.1, 0.15) is 17.6 Å². The average Bonchev–Trinajstić information content (AvgIpc) is 3.15. The van der Waals surface area contributed by atoms with Crippen molar-refractivity contribution in [3.63, 3.8) is 0 Å². The number of fused-ring (bicyclic) bond motifs is 1. The van der Waals surface area contributed by atoms with E-state index in [9.17, 15) is 4.79 Å². The van der Waals surface area contributed by atoms with E-state index in [1.807, 2.05) is 13.0 Å². The number of furan rings is 1. The molecule has 0 fully saturated rings. The molecular formula is C26H38O5. The summed E-state index contributed by atoms with van der Waals surface area (Å²) in [5, 5.41) is 1.01. The van der Waals surface area contributed by atoms with Gasteiger partial charge in [-0.25, -0.2) is 0 Å². The molecule has 0 aliphatic carbocycles. The van der Waals surface area contributed by atoms with Crippen LogP contribution in [0.15, 0.2) is 28.2 Å². The summed E-state index contributed by atoms with van der Waals surface area (Å²) in [5.41, 5.74) is 3.17. The number of allylic oxidation sites excluding steroid dienone is 2. The van der Waals surface area contributed by atoms with E-state index in [-0.39, 0.29) is 6.79 Å². The average molecular weight is 431 g/mol. The van der Waals surface area contributed by atoms with Crippen molar-refractivity contribution >= 4 is 17.3 Å². The molecule has 172 valence electrons. The van der Waals surface area contributed by atoms with E-state index in [1.54, 1.807) is 14.2 Å². The summed E-state index contributed by atoms with van der Waals surface area (Å²) in [6.45, 7) is 11.0. The topological polar surface area (TPSA) is 57.9 Å². The maximum absolute atomic E-state index is 10.6. The third-order valence-electron chi connectivity index (χ3n) is 5.73. The lowest BCUT2D eigenvalue weighted by atomic mass is 9.89. The first-order valence-electron chi connectivity index (χ1n) is 11.1. The molecule has 0 unspecified atom stereocenters. The molecule has 0 bridgehead atoms. The first-order valence-corrected chi connectivity index (χ1v) is 11.1. The molecule has 0 radical (unpaired) electrons. The fraction of sp³-hybridized carbons (Fsp3) is 0.577. The summed E-state index contributed by atoms with van der Waals surface area (Å²) in [7, 11) is 3.23. The molecule has 3 atom stereocenters. The Morgan fingerprint density at radius 2 is 1.94 bits per heavy atom. The van der Waals surface area contributed by atoms with Crippen molar-refractivity contribution in [2.45, 2.75) is 66.2 Å². The van der Waals surface area contributed by atoms with Gasteiger partial charge in [0.2, 0.25) is 0 Å². The van der Waals surface area contributed by atoms with E-state index in [1.165, 1.54) is 5.57 Å². The highest BCUT2D eigenvalue weighted by Crippen LogP contribution is 2.40. The minimum absolute atomic E-state index is 0.167. The molecule has 0 saturated heterocycles. The lowest BCUT2D eigenvalue weighted by Gasteiger charge is -2.17. The Morgan fingerprint density at radius 3 is 2.58 bits per heavy atom. The smallest absolute Gasteiger partial charge is 0.188 e. The molecule has 0 amide bonds.